The second-order valence-corrected chi connectivity index (χ2v) is 6.61. The molecule has 1 fully saturated rings. The zero-order valence-electron chi connectivity index (χ0n) is 13.9. The number of aromatic nitrogens is 2. The van der Waals surface area contributed by atoms with Crippen LogP contribution in [0.3, 0.4) is 0 Å². The molecule has 0 atom stereocenters. The van der Waals surface area contributed by atoms with E-state index in [0.29, 0.717) is 6.54 Å². The molecule has 0 aliphatic carbocycles. The molecule has 1 aromatic heterocycles. The van der Waals surface area contributed by atoms with E-state index >= 15 is 0 Å². The van der Waals surface area contributed by atoms with E-state index in [2.05, 4.69) is 20.2 Å². The van der Waals surface area contributed by atoms with Crippen LogP contribution in [0.15, 0.2) is 0 Å². The van der Waals surface area contributed by atoms with Gasteiger partial charge in [-0.05, 0) is 20.8 Å². The molecule has 1 aliphatic rings. The van der Waals surface area contributed by atoms with Crippen molar-refractivity contribution >= 4 is 17.5 Å². The lowest BCUT2D eigenvalue weighted by molar-refractivity contribution is -0.123. The standard InChI is InChI=1S/C15H26ClN5O/c1-11(2)17-14(22)10-21-7-5-20(6-8-21)9-13-12(3)18-19(4)15(13)16/h11H,5-10H2,1-4H3,(H,17,22). The van der Waals surface area contributed by atoms with Crippen molar-refractivity contribution in [3.05, 3.63) is 16.4 Å². The number of hydrogen-bond acceptors (Lipinski definition) is 4. The summed E-state index contributed by atoms with van der Waals surface area (Å²) in [6.07, 6.45) is 0. The lowest BCUT2D eigenvalue weighted by atomic mass is 10.2. The third-order valence-electron chi connectivity index (χ3n) is 3.93. The van der Waals surface area contributed by atoms with Gasteiger partial charge in [-0.2, -0.15) is 5.10 Å². The van der Waals surface area contributed by atoms with Crippen LogP contribution >= 0.6 is 11.6 Å². The lowest BCUT2D eigenvalue weighted by Gasteiger charge is -2.34. The SMILES string of the molecule is Cc1nn(C)c(Cl)c1CN1CCN(CC(=O)NC(C)C)CC1. The van der Waals surface area contributed by atoms with Gasteiger partial charge in [-0.25, -0.2) is 0 Å². The number of piperazine rings is 1. The molecule has 1 N–H and O–H groups in total. The van der Waals surface area contributed by atoms with Crippen molar-refractivity contribution in [2.75, 3.05) is 32.7 Å². The molecule has 0 spiro atoms. The second kappa shape index (κ2) is 7.44. The monoisotopic (exact) mass is 327 g/mol. The first-order chi connectivity index (χ1) is 10.4. The van der Waals surface area contributed by atoms with Crippen LogP contribution in [-0.2, 0) is 18.4 Å². The number of carbonyl (C=O) groups is 1. The van der Waals surface area contributed by atoms with Crippen molar-refractivity contribution in [1.82, 2.24) is 24.9 Å². The van der Waals surface area contributed by atoms with Crippen LogP contribution in [0.25, 0.3) is 0 Å². The van der Waals surface area contributed by atoms with Gasteiger partial charge in [0, 0.05) is 51.4 Å². The highest BCUT2D eigenvalue weighted by Crippen LogP contribution is 2.21. The molecule has 1 amide bonds. The van der Waals surface area contributed by atoms with E-state index in [4.69, 9.17) is 11.6 Å². The maximum atomic E-state index is 11.8. The molecule has 0 radical (unpaired) electrons. The molecule has 0 saturated carbocycles. The summed E-state index contributed by atoms with van der Waals surface area (Å²) < 4.78 is 1.72. The number of nitrogens with one attached hydrogen (secondary N) is 1. The predicted molar refractivity (Wildman–Crippen MR) is 88.0 cm³/mol. The number of amides is 1. The molecule has 2 rings (SSSR count). The maximum absolute atomic E-state index is 11.8. The Labute approximate surface area is 137 Å². The normalized spacial score (nSPS) is 17.2. The fourth-order valence-electron chi connectivity index (χ4n) is 2.75. The van der Waals surface area contributed by atoms with Crippen LogP contribution < -0.4 is 5.32 Å². The Hall–Kier alpha value is -1.11. The Bertz CT molecular complexity index is 520. The highest BCUT2D eigenvalue weighted by atomic mass is 35.5. The first-order valence-electron chi connectivity index (χ1n) is 7.79. The second-order valence-electron chi connectivity index (χ2n) is 6.25. The van der Waals surface area contributed by atoms with E-state index in [9.17, 15) is 4.79 Å². The average molecular weight is 328 g/mol. The highest BCUT2D eigenvalue weighted by Gasteiger charge is 2.21. The Balaban J connectivity index is 1.81. The number of nitrogens with zero attached hydrogens (tertiary/aromatic N) is 4. The summed E-state index contributed by atoms with van der Waals surface area (Å²) in [5, 5.41) is 8.01. The molecule has 7 heteroatoms. The zero-order valence-corrected chi connectivity index (χ0v) is 14.7. The molecule has 1 saturated heterocycles. The number of hydrogen-bond donors (Lipinski definition) is 1. The van der Waals surface area contributed by atoms with Gasteiger partial charge in [-0.3, -0.25) is 19.3 Å². The maximum Gasteiger partial charge on any atom is 0.234 e. The summed E-state index contributed by atoms with van der Waals surface area (Å²) in [5.74, 6) is 0.106. The number of rotatable bonds is 5. The first kappa shape index (κ1) is 17.2. The molecule has 0 aromatic carbocycles. The molecule has 1 aliphatic heterocycles. The third kappa shape index (κ3) is 4.44. The van der Waals surface area contributed by atoms with Crippen molar-refractivity contribution in [1.29, 1.82) is 0 Å². The smallest absolute Gasteiger partial charge is 0.234 e. The Morgan fingerprint density at radius 1 is 1.27 bits per heavy atom. The van der Waals surface area contributed by atoms with Crippen LogP contribution in [0.2, 0.25) is 5.15 Å². The largest absolute Gasteiger partial charge is 0.353 e. The fraction of sp³-hybridized carbons (Fsp3) is 0.733. The Morgan fingerprint density at radius 3 is 2.36 bits per heavy atom. The van der Waals surface area contributed by atoms with E-state index < -0.39 is 0 Å². The quantitative estimate of drug-likeness (QED) is 0.877. The molecule has 124 valence electrons. The van der Waals surface area contributed by atoms with E-state index in [0.717, 1.165) is 49.1 Å². The number of halogens is 1. The van der Waals surface area contributed by atoms with Crippen LogP contribution in [0.4, 0.5) is 0 Å². The van der Waals surface area contributed by atoms with Gasteiger partial charge in [-0.1, -0.05) is 11.6 Å². The first-order valence-corrected chi connectivity index (χ1v) is 8.16. The van der Waals surface area contributed by atoms with Crippen LogP contribution in [-0.4, -0.2) is 64.3 Å². The van der Waals surface area contributed by atoms with Gasteiger partial charge in [0.1, 0.15) is 5.15 Å². The fourth-order valence-corrected chi connectivity index (χ4v) is 2.99. The predicted octanol–water partition coefficient (Wildman–Crippen LogP) is 1.02. The topological polar surface area (TPSA) is 53.4 Å². The number of carbonyl (C=O) groups excluding carboxylic acids is 1. The molecular weight excluding hydrogens is 302 g/mol. The van der Waals surface area contributed by atoms with Gasteiger partial charge in [0.15, 0.2) is 0 Å². The van der Waals surface area contributed by atoms with E-state index in [1.165, 1.54) is 0 Å². The number of aryl methyl sites for hydroxylation is 2. The van der Waals surface area contributed by atoms with Crippen LogP contribution in [0.5, 0.6) is 0 Å². The summed E-state index contributed by atoms with van der Waals surface area (Å²) in [6, 6.07) is 0.199. The van der Waals surface area contributed by atoms with Crippen LogP contribution in [0, 0.1) is 6.92 Å². The van der Waals surface area contributed by atoms with Gasteiger partial charge in [-0.15, -0.1) is 0 Å². The van der Waals surface area contributed by atoms with Gasteiger partial charge >= 0.3 is 0 Å². The van der Waals surface area contributed by atoms with Crippen molar-refractivity contribution in [3.63, 3.8) is 0 Å². The molecule has 1 aromatic rings. The lowest BCUT2D eigenvalue weighted by Crippen LogP contribution is -2.49. The minimum Gasteiger partial charge on any atom is -0.353 e. The summed E-state index contributed by atoms with van der Waals surface area (Å²) in [5.41, 5.74) is 2.10. The molecule has 22 heavy (non-hydrogen) atoms. The van der Waals surface area contributed by atoms with Crippen molar-refractivity contribution in [2.24, 2.45) is 7.05 Å². The summed E-state index contributed by atoms with van der Waals surface area (Å²) in [4.78, 5) is 16.4. The average Bonchev–Trinajstić information content (AvgIpc) is 2.66. The summed E-state index contributed by atoms with van der Waals surface area (Å²) >= 11 is 6.29. The minimum absolute atomic E-state index is 0.106. The Morgan fingerprint density at radius 2 is 1.86 bits per heavy atom. The minimum atomic E-state index is 0.106. The van der Waals surface area contributed by atoms with Crippen molar-refractivity contribution in [3.8, 4) is 0 Å². The van der Waals surface area contributed by atoms with E-state index in [1.54, 1.807) is 4.68 Å². The van der Waals surface area contributed by atoms with Crippen molar-refractivity contribution < 1.29 is 4.79 Å². The van der Waals surface area contributed by atoms with Gasteiger partial charge in [0.05, 0.1) is 12.2 Å². The summed E-state index contributed by atoms with van der Waals surface area (Å²) in [7, 11) is 1.87. The molecular formula is C15H26ClN5O. The van der Waals surface area contributed by atoms with Gasteiger partial charge < -0.3 is 5.32 Å². The summed E-state index contributed by atoms with van der Waals surface area (Å²) in [6.45, 7) is 11.0. The molecule has 0 unspecified atom stereocenters. The van der Waals surface area contributed by atoms with Crippen molar-refractivity contribution in [2.45, 2.75) is 33.4 Å². The van der Waals surface area contributed by atoms with Gasteiger partial charge in [0.2, 0.25) is 5.91 Å². The molecule has 6 nitrogen and oxygen atoms in total. The van der Waals surface area contributed by atoms with E-state index in [1.807, 2.05) is 27.8 Å². The third-order valence-corrected chi connectivity index (χ3v) is 4.41. The Kier molecular flexibility index (Phi) is 5.83. The molecule has 2 heterocycles. The van der Waals surface area contributed by atoms with E-state index in [-0.39, 0.29) is 11.9 Å². The van der Waals surface area contributed by atoms with Gasteiger partial charge in [0.25, 0.3) is 0 Å². The molecule has 0 bridgehead atoms. The van der Waals surface area contributed by atoms with Crippen LogP contribution in [0.1, 0.15) is 25.1 Å². The highest BCUT2D eigenvalue weighted by molar-refractivity contribution is 6.30. The zero-order chi connectivity index (χ0) is 16.3.